The van der Waals surface area contributed by atoms with Gasteiger partial charge in [0.1, 0.15) is 0 Å². The Hall–Kier alpha value is -3.48. The fraction of sp³-hybridized carbons (Fsp3) is 0.350. The van der Waals surface area contributed by atoms with Gasteiger partial charge in [-0.15, -0.1) is 12.3 Å². The van der Waals surface area contributed by atoms with Gasteiger partial charge < -0.3 is 5.32 Å². The Balaban J connectivity index is 1.82. The molecular formula is C20H18F3N5O2. The van der Waals surface area contributed by atoms with Crippen molar-refractivity contribution in [3.8, 4) is 18.0 Å². The first-order valence-electron chi connectivity index (χ1n) is 9.10. The largest absolute Gasteiger partial charge is 0.418 e. The molecule has 30 heavy (non-hydrogen) atoms. The van der Waals surface area contributed by atoms with Gasteiger partial charge in [-0.2, -0.15) is 28.5 Å². The van der Waals surface area contributed by atoms with E-state index in [9.17, 15) is 22.8 Å². The Morgan fingerprint density at radius 3 is 2.60 bits per heavy atom. The van der Waals surface area contributed by atoms with Crippen molar-refractivity contribution in [3.63, 3.8) is 0 Å². The molecule has 1 aliphatic heterocycles. The van der Waals surface area contributed by atoms with E-state index in [-0.39, 0.29) is 17.9 Å². The van der Waals surface area contributed by atoms with Gasteiger partial charge in [0, 0.05) is 37.6 Å². The number of para-hydroxylation sites is 1. The number of alkyl halides is 3. The molecule has 0 aliphatic carbocycles. The molecule has 10 heteroatoms. The zero-order chi connectivity index (χ0) is 21.9. The molecule has 2 heterocycles. The van der Waals surface area contributed by atoms with Gasteiger partial charge in [-0.1, -0.05) is 12.1 Å². The van der Waals surface area contributed by atoms with Crippen LogP contribution >= 0.6 is 0 Å². The van der Waals surface area contributed by atoms with Crippen LogP contribution in [-0.4, -0.2) is 27.9 Å². The lowest BCUT2D eigenvalue weighted by Crippen LogP contribution is -2.34. The molecule has 0 unspecified atom stereocenters. The van der Waals surface area contributed by atoms with Crippen LogP contribution in [0.25, 0.3) is 5.69 Å². The van der Waals surface area contributed by atoms with Crippen LogP contribution in [0.1, 0.15) is 41.0 Å². The van der Waals surface area contributed by atoms with E-state index in [1.165, 1.54) is 25.1 Å². The van der Waals surface area contributed by atoms with E-state index in [0.717, 1.165) is 16.8 Å². The third-order valence-corrected chi connectivity index (χ3v) is 4.62. The number of aryl methyl sites for hydroxylation is 1. The fourth-order valence-corrected chi connectivity index (χ4v) is 2.97. The molecular weight excluding hydrogens is 399 g/mol. The minimum atomic E-state index is -4.62. The SMILES string of the molecule is C#CCCC1(CCNC(=O)c2nn(-c3ccccc3C(F)(F)F)c(C)cc2=O)N=N1. The second kappa shape index (κ2) is 8.10. The summed E-state index contributed by atoms with van der Waals surface area (Å²) >= 11 is 0. The summed E-state index contributed by atoms with van der Waals surface area (Å²) in [5.41, 5.74) is -2.83. The first-order valence-corrected chi connectivity index (χ1v) is 9.10. The molecule has 0 atom stereocenters. The molecule has 1 amide bonds. The van der Waals surface area contributed by atoms with Crippen molar-refractivity contribution < 1.29 is 18.0 Å². The Kier molecular flexibility index (Phi) is 5.73. The van der Waals surface area contributed by atoms with Crippen LogP contribution in [-0.2, 0) is 6.18 Å². The number of hydrogen-bond acceptors (Lipinski definition) is 5. The van der Waals surface area contributed by atoms with Gasteiger partial charge >= 0.3 is 6.18 Å². The molecule has 7 nitrogen and oxygen atoms in total. The first-order chi connectivity index (χ1) is 14.2. The lowest BCUT2D eigenvalue weighted by molar-refractivity contribution is -0.137. The number of amides is 1. The number of nitrogens with zero attached hydrogens (tertiary/aromatic N) is 4. The average molecular weight is 417 g/mol. The van der Waals surface area contributed by atoms with Crippen LogP contribution in [0.3, 0.4) is 0 Å². The van der Waals surface area contributed by atoms with Crippen LogP contribution in [0.2, 0.25) is 0 Å². The Morgan fingerprint density at radius 1 is 1.27 bits per heavy atom. The molecule has 156 valence electrons. The van der Waals surface area contributed by atoms with Gasteiger partial charge in [0.15, 0.2) is 11.4 Å². The molecule has 3 rings (SSSR count). The van der Waals surface area contributed by atoms with Gasteiger partial charge in [-0.05, 0) is 19.1 Å². The second-order valence-electron chi connectivity index (χ2n) is 6.82. The lowest BCUT2D eigenvalue weighted by Gasteiger charge is -2.16. The number of carbonyl (C=O) groups is 1. The first kappa shape index (κ1) is 21.2. The highest BCUT2D eigenvalue weighted by Gasteiger charge is 2.38. The molecule has 2 aromatic rings. The fourth-order valence-electron chi connectivity index (χ4n) is 2.97. The van der Waals surface area contributed by atoms with Crippen molar-refractivity contribution in [1.29, 1.82) is 0 Å². The zero-order valence-electron chi connectivity index (χ0n) is 16.0. The molecule has 0 radical (unpaired) electrons. The van der Waals surface area contributed by atoms with Crippen molar-refractivity contribution in [2.75, 3.05) is 6.54 Å². The van der Waals surface area contributed by atoms with E-state index in [0.29, 0.717) is 19.3 Å². The quantitative estimate of drug-likeness (QED) is 0.702. The summed E-state index contributed by atoms with van der Waals surface area (Å²) in [4.78, 5) is 24.7. The molecule has 0 spiro atoms. The highest BCUT2D eigenvalue weighted by atomic mass is 19.4. The molecule has 0 bridgehead atoms. The number of carbonyl (C=O) groups excluding carboxylic acids is 1. The van der Waals surface area contributed by atoms with Crippen molar-refractivity contribution in [2.45, 2.75) is 38.0 Å². The number of rotatable bonds is 7. The predicted molar refractivity (Wildman–Crippen MR) is 102 cm³/mol. The predicted octanol–water partition coefficient (Wildman–Crippen LogP) is 3.26. The van der Waals surface area contributed by atoms with Gasteiger partial charge in [0.05, 0.1) is 11.3 Å². The zero-order valence-corrected chi connectivity index (χ0v) is 16.0. The molecule has 0 saturated heterocycles. The van der Waals surface area contributed by atoms with Crippen molar-refractivity contribution in [2.24, 2.45) is 10.2 Å². The summed E-state index contributed by atoms with van der Waals surface area (Å²) in [6.07, 6.45) is 2.05. The van der Waals surface area contributed by atoms with E-state index >= 15 is 0 Å². The maximum Gasteiger partial charge on any atom is 0.418 e. The summed E-state index contributed by atoms with van der Waals surface area (Å²) < 4.78 is 41.0. The van der Waals surface area contributed by atoms with Gasteiger partial charge in [-0.3, -0.25) is 9.59 Å². The van der Waals surface area contributed by atoms with Gasteiger partial charge in [0.25, 0.3) is 5.91 Å². The molecule has 1 aromatic heterocycles. The number of aromatic nitrogens is 2. The summed E-state index contributed by atoms with van der Waals surface area (Å²) in [7, 11) is 0. The third-order valence-electron chi connectivity index (χ3n) is 4.62. The maximum atomic E-state index is 13.4. The van der Waals surface area contributed by atoms with E-state index in [1.807, 2.05) is 0 Å². The van der Waals surface area contributed by atoms with Crippen molar-refractivity contribution >= 4 is 5.91 Å². The topological polar surface area (TPSA) is 88.7 Å². The summed E-state index contributed by atoms with van der Waals surface area (Å²) in [5, 5.41) is 14.4. The standard InChI is InChI=1S/C20H18F3N5O2/c1-3-4-9-19(26-27-19)10-11-24-18(30)17-16(29)12-13(2)28(25-17)15-8-6-5-7-14(15)20(21,22)23/h1,5-8,12H,4,9-11H2,2H3,(H,24,30). The Bertz CT molecular complexity index is 1090. The second-order valence-corrected chi connectivity index (χ2v) is 6.82. The highest BCUT2D eigenvalue weighted by Crippen LogP contribution is 2.36. The third kappa shape index (κ3) is 4.56. The summed E-state index contributed by atoms with van der Waals surface area (Å²) in [6.45, 7) is 1.60. The van der Waals surface area contributed by atoms with E-state index in [4.69, 9.17) is 6.42 Å². The number of benzene rings is 1. The number of nitrogens with one attached hydrogen (secondary N) is 1. The minimum absolute atomic E-state index is 0.157. The molecule has 1 aliphatic rings. The van der Waals surface area contributed by atoms with Gasteiger partial charge in [0.2, 0.25) is 5.43 Å². The van der Waals surface area contributed by atoms with E-state index in [1.54, 1.807) is 0 Å². The Morgan fingerprint density at radius 2 is 1.97 bits per heavy atom. The molecule has 0 saturated carbocycles. The molecule has 1 N–H and O–H groups in total. The monoisotopic (exact) mass is 417 g/mol. The number of hydrogen-bond donors (Lipinski definition) is 1. The van der Waals surface area contributed by atoms with Crippen LogP contribution in [0, 0.1) is 19.3 Å². The van der Waals surface area contributed by atoms with E-state index in [2.05, 4.69) is 26.6 Å². The molecule has 0 fully saturated rings. The maximum absolute atomic E-state index is 13.4. The number of halogens is 3. The summed E-state index contributed by atoms with van der Waals surface area (Å²) in [6, 6.07) is 5.88. The number of terminal acetylenes is 1. The Labute approximate surface area is 170 Å². The van der Waals surface area contributed by atoms with Crippen LogP contribution in [0.5, 0.6) is 0 Å². The summed E-state index contributed by atoms with van der Waals surface area (Å²) in [5.74, 6) is 1.71. The molecule has 1 aromatic carbocycles. The highest BCUT2D eigenvalue weighted by molar-refractivity contribution is 5.92. The normalized spacial score (nSPS) is 14.2. The van der Waals surface area contributed by atoms with Crippen molar-refractivity contribution in [1.82, 2.24) is 15.1 Å². The smallest absolute Gasteiger partial charge is 0.350 e. The van der Waals surface area contributed by atoms with E-state index < -0.39 is 34.4 Å². The van der Waals surface area contributed by atoms with Crippen LogP contribution in [0.15, 0.2) is 45.4 Å². The van der Waals surface area contributed by atoms with Crippen LogP contribution in [0.4, 0.5) is 13.2 Å². The average Bonchev–Trinajstić information content (AvgIpc) is 3.46. The lowest BCUT2D eigenvalue weighted by atomic mass is 10.0. The van der Waals surface area contributed by atoms with Crippen molar-refractivity contribution in [3.05, 3.63) is 57.5 Å². The minimum Gasteiger partial charge on any atom is -0.350 e. The van der Waals surface area contributed by atoms with Gasteiger partial charge in [-0.25, -0.2) is 4.68 Å². The van der Waals surface area contributed by atoms with Crippen LogP contribution < -0.4 is 10.7 Å².